The molecule has 0 amide bonds. The maximum absolute atomic E-state index is 12.2. The van der Waals surface area contributed by atoms with E-state index in [1.54, 1.807) is 23.2 Å². The predicted octanol–water partition coefficient (Wildman–Crippen LogP) is 2.62. The van der Waals surface area contributed by atoms with Crippen molar-refractivity contribution in [1.29, 1.82) is 0 Å². The Bertz CT molecular complexity index is 1080. The van der Waals surface area contributed by atoms with E-state index in [0.717, 1.165) is 23.4 Å². The van der Waals surface area contributed by atoms with Gasteiger partial charge in [-0.2, -0.15) is 13.5 Å². The third-order valence-corrected chi connectivity index (χ3v) is 7.01. The van der Waals surface area contributed by atoms with Gasteiger partial charge in [-0.25, -0.2) is 8.42 Å². The first-order chi connectivity index (χ1) is 12.6. The van der Waals surface area contributed by atoms with Crippen molar-refractivity contribution in [3.8, 4) is 0 Å². The molecule has 0 unspecified atom stereocenters. The molecule has 3 rings (SSSR count). The Labute approximate surface area is 162 Å². The normalized spacial score (nSPS) is 15.0. The van der Waals surface area contributed by atoms with E-state index in [4.69, 9.17) is 16.2 Å². The van der Waals surface area contributed by atoms with E-state index in [1.807, 2.05) is 18.2 Å². The van der Waals surface area contributed by atoms with Crippen LogP contribution in [0.5, 0.6) is 0 Å². The molecule has 1 N–H and O–H groups in total. The highest BCUT2D eigenvalue weighted by atomic mass is 35.5. The average molecular weight is 429 g/mol. The zero-order chi connectivity index (χ0) is 19.7. The van der Waals surface area contributed by atoms with Crippen LogP contribution < -0.4 is 5.01 Å². The molecule has 144 valence electrons. The van der Waals surface area contributed by atoms with Gasteiger partial charge in [-0.1, -0.05) is 23.7 Å². The number of sulfone groups is 1. The second kappa shape index (κ2) is 7.59. The Morgan fingerprint density at radius 3 is 2.37 bits per heavy atom. The third-order valence-electron chi connectivity index (χ3n) is 4.06. The van der Waals surface area contributed by atoms with E-state index < -0.39 is 31.5 Å². The van der Waals surface area contributed by atoms with Crippen LogP contribution in [0.1, 0.15) is 12.0 Å². The van der Waals surface area contributed by atoms with E-state index >= 15 is 0 Å². The molecule has 0 atom stereocenters. The smallest absolute Gasteiger partial charge is 0.265 e. The largest absolute Gasteiger partial charge is 0.286 e. The number of rotatable bonds is 6. The summed E-state index contributed by atoms with van der Waals surface area (Å²) in [6.45, 7) is 0.650. The molecule has 2 aromatic rings. The highest BCUT2D eigenvalue weighted by Gasteiger charge is 2.21. The van der Waals surface area contributed by atoms with Crippen LogP contribution in [0.3, 0.4) is 0 Å². The fourth-order valence-corrected chi connectivity index (χ4v) is 5.37. The van der Waals surface area contributed by atoms with Crippen molar-refractivity contribution in [2.75, 3.05) is 23.1 Å². The van der Waals surface area contributed by atoms with Crippen molar-refractivity contribution >= 4 is 43.0 Å². The van der Waals surface area contributed by atoms with Crippen LogP contribution in [0.4, 0.5) is 5.69 Å². The van der Waals surface area contributed by atoms with Crippen LogP contribution in [-0.4, -0.2) is 45.2 Å². The molecular formula is C17H17ClN2O5S2. The summed E-state index contributed by atoms with van der Waals surface area (Å²) in [6.07, 6.45) is 0.731. The van der Waals surface area contributed by atoms with Gasteiger partial charge in [0.05, 0.1) is 27.8 Å². The first-order valence-electron chi connectivity index (χ1n) is 8.03. The summed E-state index contributed by atoms with van der Waals surface area (Å²) in [5.74, 6) is -1.51. The number of anilines is 1. The SMILES string of the molecule is O=S(=O)(O)CCS(=O)(=O)c1ccc(N2CCC(c3cccc(Cl)c3)=N2)cc1. The van der Waals surface area contributed by atoms with Crippen molar-refractivity contribution in [2.24, 2.45) is 5.10 Å². The lowest BCUT2D eigenvalue weighted by Gasteiger charge is -2.14. The molecule has 2 aromatic carbocycles. The Morgan fingerprint density at radius 2 is 1.74 bits per heavy atom. The van der Waals surface area contributed by atoms with Gasteiger partial charge in [0.2, 0.25) is 0 Å². The van der Waals surface area contributed by atoms with Gasteiger partial charge in [-0.3, -0.25) is 9.56 Å². The zero-order valence-corrected chi connectivity index (χ0v) is 16.5. The summed E-state index contributed by atoms with van der Waals surface area (Å²) in [5, 5.41) is 6.96. The zero-order valence-electron chi connectivity index (χ0n) is 14.1. The number of hydrogen-bond donors (Lipinski definition) is 1. The van der Waals surface area contributed by atoms with Crippen LogP contribution in [0.15, 0.2) is 58.5 Å². The van der Waals surface area contributed by atoms with E-state index in [2.05, 4.69) is 5.10 Å². The standard InChI is InChI=1S/C17H17ClN2O5S2/c18-14-3-1-2-13(12-14)17-8-9-20(19-17)15-4-6-16(7-5-15)26(21,22)10-11-27(23,24)25/h1-7,12H,8-11H2,(H,23,24,25). The minimum Gasteiger partial charge on any atom is -0.286 e. The molecule has 7 nitrogen and oxygen atoms in total. The maximum atomic E-state index is 12.2. The highest BCUT2D eigenvalue weighted by Crippen LogP contribution is 2.24. The van der Waals surface area contributed by atoms with Gasteiger partial charge in [0.25, 0.3) is 10.1 Å². The molecule has 0 aliphatic carbocycles. The molecule has 1 aliphatic rings. The van der Waals surface area contributed by atoms with Gasteiger partial charge in [-0.05, 0) is 42.0 Å². The van der Waals surface area contributed by atoms with Gasteiger partial charge >= 0.3 is 0 Å². The molecule has 0 saturated carbocycles. The second-order valence-corrected chi connectivity index (χ2v) is 10.1. The van der Waals surface area contributed by atoms with Crippen LogP contribution in [0.25, 0.3) is 0 Å². The minimum atomic E-state index is -4.34. The Balaban J connectivity index is 1.76. The van der Waals surface area contributed by atoms with Crippen molar-refractivity contribution in [3.05, 3.63) is 59.1 Å². The first-order valence-corrected chi connectivity index (χ1v) is 11.7. The Morgan fingerprint density at radius 1 is 1.04 bits per heavy atom. The summed E-state index contributed by atoms with van der Waals surface area (Å²) >= 11 is 6.01. The van der Waals surface area contributed by atoms with Crippen molar-refractivity contribution in [3.63, 3.8) is 0 Å². The molecule has 0 bridgehead atoms. The fraction of sp³-hybridized carbons (Fsp3) is 0.235. The number of nitrogens with zero attached hydrogens (tertiary/aromatic N) is 2. The van der Waals surface area contributed by atoms with Crippen molar-refractivity contribution in [2.45, 2.75) is 11.3 Å². The van der Waals surface area contributed by atoms with Crippen LogP contribution in [0.2, 0.25) is 5.02 Å². The number of hydrazone groups is 1. The van der Waals surface area contributed by atoms with Crippen LogP contribution >= 0.6 is 11.6 Å². The molecule has 0 spiro atoms. The molecular weight excluding hydrogens is 412 g/mol. The Kier molecular flexibility index (Phi) is 5.57. The van der Waals surface area contributed by atoms with Gasteiger partial charge in [0.1, 0.15) is 0 Å². The van der Waals surface area contributed by atoms with Gasteiger partial charge in [0.15, 0.2) is 9.84 Å². The van der Waals surface area contributed by atoms with Gasteiger partial charge < -0.3 is 0 Å². The van der Waals surface area contributed by atoms with Gasteiger partial charge in [0, 0.05) is 18.0 Å². The molecule has 1 heterocycles. The third kappa shape index (κ3) is 5.07. The molecule has 10 heteroatoms. The average Bonchev–Trinajstić information content (AvgIpc) is 3.10. The second-order valence-electron chi connectivity index (χ2n) is 6.03. The van der Waals surface area contributed by atoms with E-state index in [0.29, 0.717) is 11.6 Å². The minimum absolute atomic E-state index is 0.00635. The summed E-state index contributed by atoms with van der Waals surface area (Å²) in [7, 11) is -8.14. The molecule has 0 saturated heterocycles. The van der Waals surface area contributed by atoms with Gasteiger partial charge in [-0.15, -0.1) is 0 Å². The predicted molar refractivity (Wildman–Crippen MR) is 105 cm³/mol. The summed E-state index contributed by atoms with van der Waals surface area (Å²) in [5.41, 5.74) is 2.55. The van der Waals surface area contributed by atoms with E-state index in [1.165, 1.54) is 12.1 Å². The summed E-state index contributed by atoms with van der Waals surface area (Å²) in [4.78, 5) is -0.00635. The molecule has 0 aromatic heterocycles. The molecule has 27 heavy (non-hydrogen) atoms. The van der Waals surface area contributed by atoms with Crippen molar-refractivity contribution in [1.82, 2.24) is 0 Å². The van der Waals surface area contributed by atoms with Crippen molar-refractivity contribution < 1.29 is 21.4 Å². The monoisotopic (exact) mass is 428 g/mol. The molecule has 0 fully saturated rings. The highest BCUT2D eigenvalue weighted by molar-refractivity contribution is 7.93. The number of halogens is 1. The molecule has 1 aliphatic heterocycles. The topological polar surface area (TPSA) is 104 Å². The lowest BCUT2D eigenvalue weighted by atomic mass is 10.1. The number of hydrogen-bond acceptors (Lipinski definition) is 6. The fourth-order valence-electron chi connectivity index (χ4n) is 2.67. The summed E-state index contributed by atoms with van der Waals surface area (Å²) in [6, 6.07) is 13.5. The van der Waals surface area contributed by atoms with E-state index in [9.17, 15) is 16.8 Å². The number of benzene rings is 2. The lowest BCUT2D eigenvalue weighted by molar-refractivity contribution is 0.484. The lowest BCUT2D eigenvalue weighted by Crippen LogP contribution is -2.17. The van der Waals surface area contributed by atoms with Crippen LogP contribution in [0, 0.1) is 0 Å². The maximum Gasteiger partial charge on any atom is 0.265 e. The Hall–Kier alpha value is -1.94. The summed E-state index contributed by atoms with van der Waals surface area (Å²) < 4.78 is 54.6. The molecule has 0 radical (unpaired) electrons. The first kappa shape index (κ1) is 19.8. The quantitative estimate of drug-likeness (QED) is 0.709. The van der Waals surface area contributed by atoms with Crippen LogP contribution in [-0.2, 0) is 20.0 Å². The van der Waals surface area contributed by atoms with E-state index in [-0.39, 0.29) is 4.90 Å².